The first-order valence-corrected chi connectivity index (χ1v) is 12.1. The van der Waals surface area contributed by atoms with Crippen molar-refractivity contribution in [3.05, 3.63) is 133 Å². The molecule has 0 atom stereocenters. The summed E-state index contributed by atoms with van der Waals surface area (Å²) in [5.41, 5.74) is 7.77. The fraction of sp³-hybridized carbons (Fsp3) is 0. The summed E-state index contributed by atoms with van der Waals surface area (Å²) in [4.78, 5) is 14.6. The molecule has 0 fully saturated rings. The van der Waals surface area contributed by atoms with Crippen LogP contribution >= 0.6 is 0 Å². The summed E-state index contributed by atoms with van der Waals surface area (Å²) in [7, 11) is 0. The van der Waals surface area contributed by atoms with Crippen molar-refractivity contribution in [1.82, 2.24) is 15.0 Å². The summed E-state index contributed by atoms with van der Waals surface area (Å²) in [5, 5.41) is 12.3. The van der Waals surface area contributed by atoms with Crippen molar-refractivity contribution in [3.8, 4) is 62.2 Å². The molecule has 4 aromatic carbocycles. The molecule has 0 aliphatic heterocycles. The van der Waals surface area contributed by atoms with Gasteiger partial charge in [-0.15, -0.1) is 0 Å². The SMILES string of the molecule is [Cs+].[O-]c1ccccc1-c1cccc(-c2ccc(-c3nc(-c4ccccc4)cc(-c4ccccc4)n3)cc2)n1. The van der Waals surface area contributed by atoms with E-state index in [-0.39, 0.29) is 74.6 Å². The van der Waals surface area contributed by atoms with Crippen LogP contribution < -0.4 is 74.0 Å². The van der Waals surface area contributed by atoms with Gasteiger partial charge >= 0.3 is 68.9 Å². The van der Waals surface area contributed by atoms with Crippen molar-refractivity contribution in [2.75, 3.05) is 0 Å². The minimum absolute atomic E-state index is 0. The average Bonchev–Trinajstić information content (AvgIpc) is 2.98. The molecular weight excluding hydrogens is 587 g/mol. The standard InChI is InChI=1S/C33H23N3O.Cs/c37-32-17-8-7-14-27(32)29-16-9-15-28(34-29)25-18-20-26(21-19-25)33-35-30(23-10-3-1-4-11-23)22-31(36-33)24-12-5-2-6-13-24;/h1-22,37H;/q;+1/p-1. The minimum Gasteiger partial charge on any atom is -0.872 e. The molecule has 0 aliphatic carbocycles. The fourth-order valence-electron chi connectivity index (χ4n) is 4.30. The number of para-hydroxylation sites is 1. The maximum Gasteiger partial charge on any atom is 1.00 e. The van der Waals surface area contributed by atoms with Crippen LogP contribution in [0.1, 0.15) is 0 Å². The zero-order valence-electron chi connectivity index (χ0n) is 21.0. The van der Waals surface area contributed by atoms with E-state index < -0.39 is 0 Å². The van der Waals surface area contributed by atoms with Crippen molar-refractivity contribution in [2.45, 2.75) is 0 Å². The first-order valence-electron chi connectivity index (χ1n) is 12.1. The summed E-state index contributed by atoms with van der Waals surface area (Å²) in [6.45, 7) is 0. The molecule has 6 aromatic rings. The Morgan fingerprint density at radius 3 is 1.50 bits per heavy atom. The van der Waals surface area contributed by atoms with Crippen LogP contribution in [-0.2, 0) is 0 Å². The Morgan fingerprint density at radius 2 is 0.895 bits per heavy atom. The Bertz CT molecular complexity index is 1610. The smallest absolute Gasteiger partial charge is 0.872 e. The fourth-order valence-corrected chi connectivity index (χ4v) is 4.30. The Hall–Kier alpha value is -3.04. The van der Waals surface area contributed by atoms with Crippen molar-refractivity contribution >= 4 is 0 Å². The second-order valence-electron chi connectivity index (χ2n) is 8.68. The molecule has 0 spiro atoms. The number of hydrogen-bond donors (Lipinski definition) is 0. The normalized spacial score (nSPS) is 10.5. The molecule has 4 nitrogen and oxygen atoms in total. The van der Waals surface area contributed by atoms with Crippen molar-refractivity contribution in [3.63, 3.8) is 0 Å². The molecule has 0 saturated carbocycles. The molecule has 0 aliphatic rings. The van der Waals surface area contributed by atoms with E-state index in [1.165, 1.54) is 0 Å². The zero-order valence-corrected chi connectivity index (χ0v) is 27.2. The van der Waals surface area contributed by atoms with Crippen LogP contribution in [0.5, 0.6) is 5.75 Å². The van der Waals surface area contributed by atoms with Crippen LogP contribution in [-0.4, -0.2) is 15.0 Å². The molecule has 2 aromatic heterocycles. The number of rotatable bonds is 5. The van der Waals surface area contributed by atoms with E-state index in [4.69, 9.17) is 15.0 Å². The molecule has 2 heterocycles. The molecule has 176 valence electrons. The van der Waals surface area contributed by atoms with Gasteiger partial charge in [0.25, 0.3) is 0 Å². The van der Waals surface area contributed by atoms with E-state index in [1.807, 2.05) is 91.0 Å². The number of hydrogen-bond acceptors (Lipinski definition) is 4. The minimum atomic E-state index is -0.0350. The summed E-state index contributed by atoms with van der Waals surface area (Å²) in [5.74, 6) is 0.626. The van der Waals surface area contributed by atoms with E-state index in [2.05, 4.69) is 24.3 Å². The van der Waals surface area contributed by atoms with Crippen LogP contribution in [0.15, 0.2) is 133 Å². The molecule has 6 rings (SSSR count). The third-order valence-corrected chi connectivity index (χ3v) is 6.22. The molecule has 0 N–H and O–H groups in total. The number of aromatic nitrogens is 3. The van der Waals surface area contributed by atoms with Gasteiger partial charge in [-0.25, -0.2) is 15.0 Å². The summed E-state index contributed by atoms with van der Waals surface area (Å²) >= 11 is 0. The van der Waals surface area contributed by atoms with Crippen LogP contribution in [0.25, 0.3) is 56.4 Å². The molecule has 38 heavy (non-hydrogen) atoms. The van der Waals surface area contributed by atoms with Gasteiger partial charge in [-0.3, -0.25) is 0 Å². The quantitative estimate of drug-likeness (QED) is 0.293. The van der Waals surface area contributed by atoms with Crippen molar-refractivity contribution in [1.29, 1.82) is 0 Å². The summed E-state index contributed by atoms with van der Waals surface area (Å²) < 4.78 is 0. The Balaban J connectivity index is 0.00000294. The summed E-state index contributed by atoms with van der Waals surface area (Å²) in [6.07, 6.45) is 0. The molecule has 0 amide bonds. The maximum absolute atomic E-state index is 12.3. The molecule has 0 saturated heterocycles. The predicted octanol–water partition coefficient (Wildman–Crippen LogP) is 4.28. The van der Waals surface area contributed by atoms with Gasteiger partial charge in [-0.1, -0.05) is 121 Å². The van der Waals surface area contributed by atoms with Gasteiger partial charge in [-0.2, -0.15) is 0 Å². The third kappa shape index (κ3) is 5.84. The Morgan fingerprint density at radius 1 is 0.395 bits per heavy atom. The van der Waals surface area contributed by atoms with Crippen molar-refractivity contribution < 1.29 is 74.0 Å². The predicted molar refractivity (Wildman–Crippen MR) is 146 cm³/mol. The van der Waals surface area contributed by atoms with Crippen LogP contribution in [0.4, 0.5) is 0 Å². The Kier molecular flexibility index (Phi) is 8.54. The molecule has 0 bridgehead atoms. The van der Waals surface area contributed by atoms with E-state index in [9.17, 15) is 5.11 Å². The van der Waals surface area contributed by atoms with Gasteiger partial charge in [0, 0.05) is 22.3 Å². The van der Waals surface area contributed by atoms with Gasteiger partial charge in [0.1, 0.15) is 0 Å². The number of nitrogens with zero attached hydrogens (tertiary/aromatic N) is 3. The second kappa shape index (κ2) is 12.2. The van der Waals surface area contributed by atoms with E-state index >= 15 is 0 Å². The monoisotopic (exact) mass is 609 g/mol. The number of pyridine rings is 1. The van der Waals surface area contributed by atoms with Gasteiger partial charge in [0.2, 0.25) is 0 Å². The zero-order chi connectivity index (χ0) is 25.0. The van der Waals surface area contributed by atoms with Crippen LogP contribution in [0, 0.1) is 0 Å². The van der Waals surface area contributed by atoms with E-state index in [1.54, 1.807) is 18.2 Å². The maximum atomic E-state index is 12.3. The molecular formula is C33H22CsN3O. The third-order valence-electron chi connectivity index (χ3n) is 6.22. The Labute approximate surface area is 280 Å². The van der Waals surface area contributed by atoms with Gasteiger partial charge in [0.05, 0.1) is 22.8 Å². The van der Waals surface area contributed by atoms with E-state index in [0.29, 0.717) is 17.1 Å². The summed E-state index contributed by atoms with van der Waals surface area (Å²) in [6, 6.07) is 43.1. The molecule has 0 radical (unpaired) electrons. The molecule has 5 heteroatoms. The largest absolute Gasteiger partial charge is 1.00 e. The van der Waals surface area contributed by atoms with Gasteiger partial charge < -0.3 is 5.11 Å². The first-order chi connectivity index (χ1) is 18.2. The molecule has 0 unspecified atom stereocenters. The van der Waals surface area contributed by atoms with E-state index in [0.717, 1.165) is 39.3 Å². The van der Waals surface area contributed by atoms with Crippen LogP contribution in [0.2, 0.25) is 0 Å². The number of benzene rings is 4. The van der Waals surface area contributed by atoms with Gasteiger partial charge in [-0.05, 0) is 23.8 Å². The first kappa shape index (κ1) is 26.6. The topological polar surface area (TPSA) is 61.7 Å². The average molecular weight is 609 g/mol. The second-order valence-corrected chi connectivity index (χ2v) is 8.68. The van der Waals surface area contributed by atoms with Gasteiger partial charge in [0.15, 0.2) is 5.82 Å². The van der Waals surface area contributed by atoms with Crippen molar-refractivity contribution in [2.24, 2.45) is 0 Å². The van der Waals surface area contributed by atoms with Crippen LogP contribution in [0.3, 0.4) is 0 Å².